The molecule has 0 spiro atoms. The van der Waals surface area contributed by atoms with E-state index in [0.29, 0.717) is 0 Å². The summed E-state index contributed by atoms with van der Waals surface area (Å²) in [4.78, 5) is 34.6. The van der Waals surface area contributed by atoms with Crippen LogP contribution in [0, 0.1) is 5.41 Å². The van der Waals surface area contributed by atoms with E-state index in [0.717, 1.165) is 0 Å². The zero-order valence-electron chi connectivity index (χ0n) is 10.8. The van der Waals surface area contributed by atoms with Crippen molar-refractivity contribution in [2.45, 2.75) is 27.2 Å². The Kier molecular flexibility index (Phi) is 5.58. The van der Waals surface area contributed by atoms with Crippen LogP contribution in [-0.4, -0.2) is 31.9 Å². The van der Waals surface area contributed by atoms with Crippen LogP contribution < -0.4 is 0 Å². The largest absolute Gasteiger partial charge is 0.468 e. The number of allylic oxidation sites excluding steroid dienone is 1. The number of hydrogen-bond acceptors (Lipinski definition) is 5. The molecule has 0 aliphatic rings. The van der Waals surface area contributed by atoms with Crippen molar-refractivity contribution >= 4 is 17.7 Å². The van der Waals surface area contributed by atoms with Crippen LogP contribution in [0.4, 0.5) is 0 Å². The number of carbonyl (C=O) groups excluding carboxylic acids is 3. The number of ketones is 1. The van der Waals surface area contributed by atoms with Crippen LogP contribution in [0.25, 0.3) is 0 Å². The Hall–Kier alpha value is -1.65. The van der Waals surface area contributed by atoms with Gasteiger partial charge in [0.05, 0.1) is 14.2 Å². The molecule has 0 aliphatic heterocycles. The summed E-state index contributed by atoms with van der Waals surface area (Å²) in [7, 11) is 2.45. The highest BCUT2D eigenvalue weighted by Gasteiger charge is 2.41. The normalized spacial score (nSPS) is 14.8. The van der Waals surface area contributed by atoms with Gasteiger partial charge in [0.2, 0.25) is 0 Å². The van der Waals surface area contributed by atoms with Gasteiger partial charge < -0.3 is 9.47 Å². The zero-order valence-corrected chi connectivity index (χ0v) is 10.8. The Bertz CT molecular complexity index is 356. The van der Waals surface area contributed by atoms with Crippen LogP contribution in [-0.2, 0) is 23.9 Å². The smallest absolute Gasteiger partial charge is 0.333 e. The Morgan fingerprint density at radius 2 is 1.71 bits per heavy atom. The van der Waals surface area contributed by atoms with Crippen molar-refractivity contribution in [1.29, 1.82) is 0 Å². The summed E-state index contributed by atoms with van der Waals surface area (Å²) in [5, 5.41) is 0. The van der Waals surface area contributed by atoms with E-state index in [-0.39, 0.29) is 17.8 Å². The molecule has 0 aromatic rings. The summed E-state index contributed by atoms with van der Waals surface area (Å²) in [6, 6.07) is 0. The van der Waals surface area contributed by atoms with Gasteiger partial charge in [-0.1, -0.05) is 6.08 Å². The number of Topliss-reactive ketones (excluding diaryl/α,β-unsaturated/α-hetero) is 1. The lowest BCUT2D eigenvalue weighted by Gasteiger charge is -2.24. The standard InChI is InChI=1S/C12H18O5/c1-6-9(10(14)16-4)7-12(3,8(2)13)11(15)17-5/h6H,7H2,1-5H3/b9-6-. The highest BCUT2D eigenvalue weighted by Crippen LogP contribution is 2.29. The molecule has 96 valence electrons. The Labute approximate surface area is 101 Å². The lowest BCUT2D eigenvalue weighted by Crippen LogP contribution is -2.37. The highest BCUT2D eigenvalue weighted by atomic mass is 16.5. The molecule has 1 unspecified atom stereocenters. The molecular weight excluding hydrogens is 224 g/mol. The third kappa shape index (κ3) is 3.41. The summed E-state index contributed by atoms with van der Waals surface area (Å²) >= 11 is 0. The van der Waals surface area contributed by atoms with E-state index in [2.05, 4.69) is 9.47 Å². The van der Waals surface area contributed by atoms with Crippen LogP contribution in [0.2, 0.25) is 0 Å². The minimum atomic E-state index is -1.36. The van der Waals surface area contributed by atoms with Crippen molar-refractivity contribution < 1.29 is 23.9 Å². The average molecular weight is 242 g/mol. The molecule has 0 amide bonds. The van der Waals surface area contributed by atoms with E-state index in [9.17, 15) is 14.4 Å². The van der Waals surface area contributed by atoms with Gasteiger partial charge in [-0.2, -0.15) is 0 Å². The van der Waals surface area contributed by atoms with Gasteiger partial charge in [-0.25, -0.2) is 4.79 Å². The first kappa shape index (κ1) is 15.3. The van der Waals surface area contributed by atoms with E-state index in [1.807, 2.05) is 0 Å². The SMILES string of the molecule is C/C=C(/CC(C)(C(C)=O)C(=O)OC)C(=O)OC. The van der Waals surface area contributed by atoms with Crippen molar-refractivity contribution in [2.24, 2.45) is 5.41 Å². The molecule has 0 heterocycles. The van der Waals surface area contributed by atoms with Crippen LogP contribution in [0.5, 0.6) is 0 Å². The van der Waals surface area contributed by atoms with E-state index in [4.69, 9.17) is 0 Å². The number of ether oxygens (including phenoxy) is 2. The highest BCUT2D eigenvalue weighted by molar-refractivity contribution is 6.04. The lowest BCUT2D eigenvalue weighted by atomic mass is 9.80. The average Bonchev–Trinajstić information content (AvgIpc) is 2.33. The van der Waals surface area contributed by atoms with E-state index in [1.54, 1.807) is 6.92 Å². The second kappa shape index (κ2) is 6.18. The number of methoxy groups -OCH3 is 2. The molecule has 0 N–H and O–H groups in total. The Morgan fingerprint density at radius 1 is 1.18 bits per heavy atom. The van der Waals surface area contributed by atoms with Crippen molar-refractivity contribution in [3.63, 3.8) is 0 Å². The van der Waals surface area contributed by atoms with Gasteiger partial charge in [-0.15, -0.1) is 0 Å². The molecule has 0 aromatic heterocycles. The van der Waals surface area contributed by atoms with Crippen LogP contribution in [0.15, 0.2) is 11.6 Å². The van der Waals surface area contributed by atoms with Crippen molar-refractivity contribution in [1.82, 2.24) is 0 Å². The molecule has 0 aliphatic carbocycles. The molecule has 0 radical (unpaired) electrons. The topological polar surface area (TPSA) is 69.7 Å². The Morgan fingerprint density at radius 3 is 2.00 bits per heavy atom. The van der Waals surface area contributed by atoms with E-state index in [1.165, 1.54) is 34.1 Å². The maximum Gasteiger partial charge on any atom is 0.333 e. The maximum atomic E-state index is 11.6. The zero-order chi connectivity index (χ0) is 13.6. The van der Waals surface area contributed by atoms with Crippen LogP contribution in [0.3, 0.4) is 0 Å². The summed E-state index contributed by atoms with van der Waals surface area (Å²) in [6.45, 7) is 4.39. The first-order valence-electron chi connectivity index (χ1n) is 5.16. The molecule has 0 aromatic carbocycles. The summed E-state index contributed by atoms with van der Waals surface area (Å²) < 4.78 is 9.17. The fourth-order valence-electron chi connectivity index (χ4n) is 1.37. The van der Waals surface area contributed by atoms with Gasteiger partial charge in [0, 0.05) is 12.0 Å². The molecule has 1 atom stereocenters. The second-order valence-electron chi connectivity index (χ2n) is 3.86. The minimum absolute atomic E-state index is 0.0296. The van der Waals surface area contributed by atoms with Gasteiger partial charge in [-0.05, 0) is 20.8 Å². The van der Waals surface area contributed by atoms with Crippen molar-refractivity contribution in [2.75, 3.05) is 14.2 Å². The van der Waals surface area contributed by atoms with Crippen molar-refractivity contribution in [3.05, 3.63) is 11.6 Å². The molecule has 0 bridgehead atoms. The second-order valence-corrected chi connectivity index (χ2v) is 3.86. The number of esters is 2. The number of rotatable bonds is 5. The monoisotopic (exact) mass is 242 g/mol. The van der Waals surface area contributed by atoms with Gasteiger partial charge in [0.25, 0.3) is 0 Å². The molecule has 0 fully saturated rings. The molecule has 0 saturated heterocycles. The summed E-state index contributed by atoms with van der Waals surface area (Å²) in [5.74, 6) is -1.57. The molecule has 5 nitrogen and oxygen atoms in total. The maximum absolute atomic E-state index is 11.6. The van der Waals surface area contributed by atoms with Gasteiger partial charge in [0.15, 0.2) is 0 Å². The summed E-state index contributed by atoms with van der Waals surface area (Å²) in [5.41, 5.74) is -1.08. The van der Waals surface area contributed by atoms with Gasteiger partial charge in [0.1, 0.15) is 11.2 Å². The van der Waals surface area contributed by atoms with E-state index >= 15 is 0 Å². The van der Waals surface area contributed by atoms with Gasteiger partial charge >= 0.3 is 11.9 Å². The molecule has 5 heteroatoms. The van der Waals surface area contributed by atoms with E-state index < -0.39 is 17.4 Å². The third-order valence-corrected chi connectivity index (χ3v) is 2.75. The number of carbonyl (C=O) groups is 3. The lowest BCUT2D eigenvalue weighted by molar-refractivity contribution is -0.156. The van der Waals surface area contributed by atoms with Gasteiger partial charge in [-0.3, -0.25) is 9.59 Å². The van der Waals surface area contributed by atoms with Crippen molar-refractivity contribution in [3.8, 4) is 0 Å². The predicted octanol–water partition coefficient (Wildman–Crippen LogP) is 1.26. The predicted molar refractivity (Wildman–Crippen MR) is 61.2 cm³/mol. The minimum Gasteiger partial charge on any atom is -0.468 e. The number of hydrogen-bond donors (Lipinski definition) is 0. The molecule has 0 saturated carbocycles. The molecule has 17 heavy (non-hydrogen) atoms. The van der Waals surface area contributed by atoms with Crippen LogP contribution >= 0.6 is 0 Å². The molecule has 0 rings (SSSR count). The fraction of sp³-hybridized carbons (Fsp3) is 0.583. The quantitative estimate of drug-likeness (QED) is 0.412. The fourth-order valence-corrected chi connectivity index (χ4v) is 1.37. The first-order valence-corrected chi connectivity index (χ1v) is 5.16. The molecular formula is C12H18O5. The Balaban J connectivity index is 5.20. The third-order valence-electron chi connectivity index (χ3n) is 2.75. The summed E-state index contributed by atoms with van der Waals surface area (Å²) in [6.07, 6.45) is 1.49. The first-order chi connectivity index (χ1) is 7.83. The van der Waals surface area contributed by atoms with Crippen LogP contribution in [0.1, 0.15) is 27.2 Å².